The molecule has 1 rings (SSSR count). The van der Waals surface area contributed by atoms with Gasteiger partial charge in [-0.3, -0.25) is 9.59 Å². The fraction of sp³-hybridized carbons (Fsp3) is 0.833. The van der Waals surface area contributed by atoms with Crippen molar-refractivity contribution in [1.29, 1.82) is 0 Å². The summed E-state index contributed by atoms with van der Waals surface area (Å²) in [7, 11) is 1.59. The molecule has 1 aliphatic rings. The van der Waals surface area contributed by atoms with E-state index in [9.17, 15) is 9.59 Å². The predicted molar refractivity (Wildman–Crippen MR) is 67.8 cm³/mol. The van der Waals surface area contributed by atoms with Gasteiger partial charge in [0, 0.05) is 20.2 Å². The molecule has 0 bridgehead atoms. The van der Waals surface area contributed by atoms with Crippen LogP contribution < -0.4 is 11.1 Å². The van der Waals surface area contributed by atoms with Crippen molar-refractivity contribution in [2.24, 2.45) is 11.7 Å². The van der Waals surface area contributed by atoms with Crippen LogP contribution in [-0.2, 0) is 14.3 Å². The maximum Gasteiger partial charge on any atom is 0.245 e. The Morgan fingerprint density at radius 2 is 2.17 bits per heavy atom. The zero-order valence-electron chi connectivity index (χ0n) is 11.4. The minimum atomic E-state index is -0.965. The monoisotopic (exact) mass is 257 g/mol. The Balaban J connectivity index is 2.42. The number of hydrogen-bond acceptors (Lipinski definition) is 4. The molecule has 0 aliphatic carbocycles. The highest BCUT2D eigenvalue weighted by molar-refractivity contribution is 5.90. The van der Waals surface area contributed by atoms with E-state index in [2.05, 4.69) is 5.32 Å². The Morgan fingerprint density at radius 3 is 2.67 bits per heavy atom. The Kier molecular flexibility index (Phi) is 5.10. The van der Waals surface area contributed by atoms with Crippen LogP contribution in [0, 0.1) is 5.92 Å². The third-order valence-electron chi connectivity index (χ3n) is 2.91. The van der Waals surface area contributed by atoms with Crippen molar-refractivity contribution in [1.82, 2.24) is 10.2 Å². The van der Waals surface area contributed by atoms with Crippen molar-refractivity contribution in [3.05, 3.63) is 0 Å². The fourth-order valence-electron chi connectivity index (χ4n) is 1.79. The lowest BCUT2D eigenvalue weighted by Gasteiger charge is -2.27. The van der Waals surface area contributed by atoms with E-state index in [1.54, 1.807) is 7.05 Å². The molecule has 1 saturated heterocycles. The number of hydrogen-bond donors (Lipinski definition) is 2. The lowest BCUT2D eigenvalue weighted by atomic mass is 9.98. The minimum absolute atomic E-state index is 0.0322. The quantitative estimate of drug-likeness (QED) is 0.684. The summed E-state index contributed by atoms with van der Waals surface area (Å²) in [6, 6.07) is 0. The van der Waals surface area contributed by atoms with E-state index in [0.717, 1.165) is 0 Å². The first-order valence-corrected chi connectivity index (χ1v) is 6.24. The molecule has 0 aromatic rings. The summed E-state index contributed by atoms with van der Waals surface area (Å²) in [5.74, 6) is -0.0131. The summed E-state index contributed by atoms with van der Waals surface area (Å²) in [6.45, 7) is 5.39. The lowest BCUT2D eigenvalue weighted by Crippen LogP contribution is -2.56. The molecule has 1 fully saturated rings. The zero-order valence-corrected chi connectivity index (χ0v) is 11.4. The number of nitrogens with two attached hydrogens (primary N) is 1. The van der Waals surface area contributed by atoms with Gasteiger partial charge in [-0.2, -0.15) is 0 Å². The molecule has 1 atom stereocenters. The van der Waals surface area contributed by atoms with Crippen LogP contribution in [0.4, 0.5) is 0 Å². The number of carbonyl (C=O) groups is 2. The van der Waals surface area contributed by atoms with Crippen molar-refractivity contribution < 1.29 is 14.3 Å². The van der Waals surface area contributed by atoms with Gasteiger partial charge in [0.05, 0.1) is 13.2 Å². The highest BCUT2D eigenvalue weighted by atomic mass is 16.5. The molecule has 6 nitrogen and oxygen atoms in total. The third kappa shape index (κ3) is 3.96. The molecule has 0 spiro atoms. The maximum absolute atomic E-state index is 12.1. The van der Waals surface area contributed by atoms with Crippen molar-refractivity contribution >= 4 is 11.8 Å². The van der Waals surface area contributed by atoms with Gasteiger partial charge in [0.1, 0.15) is 5.54 Å². The van der Waals surface area contributed by atoms with E-state index in [1.165, 1.54) is 4.90 Å². The number of likely N-dealkylation sites (N-methyl/N-ethyl adjacent to an activating group) is 1. The second-order valence-corrected chi connectivity index (χ2v) is 5.32. The van der Waals surface area contributed by atoms with E-state index >= 15 is 0 Å². The third-order valence-corrected chi connectivity index (χ3v) is 2.91. The Bertz CT molecular complexity index is 312. The second kappa shape index (κ2) is 6.15. The molecular weight excluding hydrogens is 234 g/mol. The average Bonchev–Trinajstić information content (AvgIpc) is 2.73. The predicted octanol–water partition coefficient (Wildman–Crippen LogP) is -0.665. The number of amides is 2. The van der Waals surface area contributed by atoms with E-state index in [0.29, 0.717) is 25.5 Å². The largest absolute Gasteiger partial charge is 0.379 e. The average molecular weight is 257 g/mol. The number of nitrogens with zero attached hydrogens (tertiary/aromatic N) is 1. The maximum atomic E-state index is 12.1. The molecule has 0 aromatic carbocycles. The highest BCUT2D eigenvalue weighted by Crippen LogP contribution is 2.17. The van der Waals surface area contributed by atoms with E-state index in [-0.39, 0.29) is 25.0 Å². The van der Waals surface area contributed by atoms with Gasteiger partial charge in [-0.15, -0.1) is 0 Å². The molecule has 18 heavy (non-hydrogen) atoms. The molecule has 6 heteroatoms. The molecule has 0 aromatic heterocycles. The van der Waals surface area contributed by atoms with Crippen LogP contribution in [-0.4, -0.2) is 55.6 Å². The van der Waals surface area contributed by atoms with Crippen molar-refractivity contribution in [2.45, 2.75) is 25.8 Å². The van der Waals surface area contributed by atoms with E-state index < -0.39 is 5.54 Å². The van der Waals surface area contributed by atoms with Gasteiger partial charge in [0.2, 0.25) is 11.8 Å². The first-order chi connectivity index (χ1) is 8.35. The summed E-state index contributed by atoms with van der Waals surface area (Å²) < 4.78 is 5.14. The van der Waals surface area contributed by atoms with Gasteiger partial charge in [0.25, 0.3) is 0 Å². The van der Waals surface area contributed by atoms with Gasteiger partial charge in [-0.25, -0.2) is 0 Å². The standard InChI is InChI=1S/C12H23N3O3/c1-9(2)6-14-10(16)7-15(3)11(17)12(13)4-5-18-8-12/h9H,4-8,13H2,1-3H3,(H,14,16). The van der Waals surface area contributed by atoms with Gasteiger partial charge in [-0.05, 0) is 12.3 Å². The van der Waals surface area contributed by atoms with Gasteiger partial charge in [0.15, 0.2) is 0 Å². The first-order valence-electron chi connectivity index (χ1n) is 6.24. The SMILES string of the molecule is CC(C)CNC(=O)CN(C)C(=O)C1(N)CCOC1. The van der Waals surface area contributed by atoms with Crippen LogP contribution in [0.15, 0.2) is 0 Å². The minimum Gasteiger partial charge on any atom is -0.379 e. The molecule has 0 saturated carbocycles. The summed E-state index contributed by atoms with van der Waals surface area (Å²) in [5, 5.41) is 2.77. The van der Waals surface area contributed by atoms with Crippen molar-refractivity contribution in [3.63, 3.8) is 0 Å². The molecule has 0 radical (unpaired) electrons. The van der Waals surface area contributed by atoms with Gasteiger partial charge < -0.3 is 20.7 Å². The molecule has 1 heterocycles. The molecule has 3 N–H and O–H groups in total. The molecule has 104 valence electrons. The molecule has 1 aliphatic heterocycles. The Labute approximate surface area is 108 Å². The highest BCUT2D eigenvalue weighted by Gasteiger charge is 2.40. The Hall–Kier alpha value is -1.14. The molecule has 2 amide bonds. The van der Waals surface area contributed by atoms with E-state index in [1.807, 2.05) is 13.8 Å². The Morgan fingerprint density at radius 1 is 1.50 bits per heavy atom. The van der Waals surface area contributed by atoms with Gasteiger partial charge in [-0.1, -0.05) is 13.8 Å². The normalized spacial score (nSPS) is 23.2. The van der Waals surface area contributed by atoms with Crippen molar-refractivity contribution in [2.75, 3.05) is 33.4 Å². The molecular formula is C12H23N3O3. The fourth-order valence-corrected chi connectivity index (χ4v) is 1.79. The van der Waals surface area contributed by atoms with E-state index in [4.69, 9.17) is 10.5 Å². The second-order valence-electron chi connectivity index (χ2n) is 5.32. The number of ether oxygens (including phenoxy) is 1. The van der Waals surface area contributed by atoms with Crippen LogP contribution >= 0.6 is 0 Å². The summed E-state index contributed by atoms with van der Waals surface area (Å²) >= 11 is 0. The van der Waals surface area contributed by atoms with Crippen LogP contribution in [0.2, 0.25) is 0 Å². The topological polar surface area (TPSA) is 84.7 Å². The number of carbonyl (C=O) groups excluding carboxylic acids is 2. The zero-order chi connectivity index (χ0) is 13.8. The smallest absolute Gasteiger partial charge is 0.245 e. The lowest BCUT2D eigenvalue weighted by molar-refractivity contribution is -0.139. The summed E-state index contributed by atoms with van der Waals surface area (Å²) in [5.41, 5.74) is 4.99. The number of rotatable bonds is 5. The van der Waals surface area contributed by atoms with Gasteiger partial charge >= 0.3 is 0 Å². The summed E-state index contributed by atoms with van der Waals surface area (Å²) in [6.07, 6.45) is 0.504. The first kappa shape index (κ1) is 14.9. The van der Waals surface area contributed by atoms with Crippen LogP contribution in [0.5, 0.6) is 0 Å². The van der Waals surface area contributed by atoms with Crippen LogP contribution in [0.25, 0.3) is 0 Å². The summed E-state index contributed by atoms with van der Waals surface area (Å²) in [4.78, 5) is 25.1. The number of nitrogens with one attached hydrogen (secondary N) is 1. The van der Waals surface area contributed by atoms with Crippen LogP contribution in [0.3, 0.4) is 0 Å². The van der Waals surface area contributed by atoms with Crippen molar-refractivity contribution in [3.8, 4) is 0 Å². The van der Waals surface area contributed by atoms with Crippen LogP contribution in [0.1, 0.15) is 20.3 Å². The molecule has 1 unspecified atom stereocenters.